The van der Waals surface area contributed by atoms with Gasteiger partial charge in [-0.3, -0.25) is 21.0 Å². The summed E-state index contributed by atoms with van der Waals surface area (Å²) in [6, 6.07) is 22.6. The van der Waals surface area contributed by atoms with Crippen LogP contribution < -0.4 is 14.7 Å². The molecule has 5 saturated carbocycles. The molecule has 5 aromatic rings. The van der Waals surface area contributed by atoms with Gasteiger partial charge in [0.2, 0.25) is 0 Å². The molecule has 5 aromatic carbocycles. The highest BCUT2D eigenvalue weighted by atomic mass is 35.5. The Morgan fingerprint density at radius 3 is 0.830 bits per heavy atom. The molecule has 11 atom stereocenters. The standard InChI is InChI=1S/C16H25NO.C15H22FNO.C14H20ClNO.C9H9F3.C8H7F3.5C7H14.5C3H8O2S/c1-6-15-7-11(2)16(12(3)8-15)17-9-13(4)18-14(5)10-17;1-5-13-6-10(2)15(14(16)7-13)17-8-11(3)18-12(4)9-17;1-4-12-5-6-14(13(15)7-12)16-8-10(2)17-11(3)9-16;1-2-7-5-3-4-6-8(7)9(10,11)12;1-2-5-3-4-6(9)8(11)7(5)10;5*1-7-5-3-2-4-6-7;5*1-3(2)6(4)5/h7-8,13-14H,6,9-10H2,1-5H3;6-7,11-12H,5,8-9H2,1-4H3;5-7,10-11H,4,8-9H2,1-3H3;3-6H,2H2,1H3;3-4H,2H2,1H3;5*7H,2-6H2,1H3;5*3H,1-2H3,(H,4,5)/p-5/t13-,14+;11-,12+;10-,11+;;;;;;;;;;;;. The molecule has 5 aliphatic carbocycles. The monoisotopic (exact) mass is 2110 g/mol. The molecule has 8 aliphatic rings. The van der Waals surface area contributed by atoms with Crippen LogP contribution in [0.3, 0.4) is 0 Å². The number of hydrogen-bond donors (Lipinski definition) is 0. The lowest BCUT2D eigenvalue weighted by atomic mass is 9.91. The third kappa shape index (κ3) is 65.3. The molecule has 16 nitrogen and oxygen atoms in total. The SMILES string of the molecule is CC(C)S(=O)[O-].CC(C)S(=O)[O-].CC(C)S(=O)[O-].CC(C)S(=O)[O-].CC(C)S(=O)[O-].CC1CCCCC1.CC1CCCCC1.CC1CCCCC1.CC1CCCCC1.CC1CCCCC1.CCc1cc(C)c(N2C[C@@H](C)O[C@@H](C)C2)c(C)c1.CCc1cc(C)c(N2C[C@@H](C)O[C@@H](C)C2)c(F)c1.CCc1ccc(F)c(F)c1F.CCc1ccc(N2C[C@@H](C)O[C@@H](C)C2)c(Cl)c1.CCc1ccccc1C(F)(F)F. The summed E-state index contributed by atoms with van der Waals surface area (Å²) in [5.74, 6) is 1.48. The highest BCUT2D eigenvalue weighted by Gasteiger charge is 2.33. The quantitative estimate of drug-likeness (QED) is 0.0605. The van der Waals surface area contributed by atoms with Gasteiger partial charge >= 0.3 is 6.18 Å². The van der Waals surface area contributed by atoms with Gasteiger partial charge in [-0.15, -0.1) is 0 Å². The van der Waals surface area contributed by atoms with E-state index in [1.165, 1.54) is 207 Å². The van der Waals surface area contributed by atoms with Gasteiger partial charge in [0.1, 0.15) is 5.82 Å². The summed E-state index contributed by atoms with van der Waals surface area (Å²) in [6.45, 7) is 62.3. The van der Waals surface area contributed by atoms with Crippen LogP contribution in [-0.2, 0) is 108 Å². The van der Waals surface area contributed by atoms with E-state index in [9.17, 15) is 74.5 Å². The average molecular weight is 2110 g/mol. The van der Waals surface area contributed by atoms with Crippen LogP contribution in [0.1, 0.15) is 391 Å². The Labute approximate surface area is 870 Å². The van der Waals surface area contributed by atoms with Crippen LogP contribution in [0.2, 0.25) is 5.02 Å². The molecule has 141 heavy (non-hydrogen) atoms. The third-order valence-corrected chi connectivity index (χ3v) is 29.1. The Kier molecular flexibility index (Phi) is 77.6. The summed E-state index contributed by atoms with van der Waals surface area (Å²) in [7, 11) is 0. The van der Waals surface area contributed by atoms with E-state index < -0.39 is 84.6 Å². The third-order valence-electron chi connectivity index (χ3n) is 24.9. The van der Waals surface area contributed by atoms with Gasteiger partial charge in [-0.05, 0) is 199 Å². The van der Waals surface area contributed by atoms with Crippen molar-refractivity contribution in [2.24, 2.45) is 29.6 Å². The first-order valence-corrected chi connectivity index (χ1v) is 58.7. The zero-order valence-corrected chi connectivity index (χ0v) is 96.8. The highest BCUT2D eigenvalue weighted by Crippen LogP contribution is 2.36. The summed E-state index contributed by atoms with van der Waals surface area (Å²) in [4.78, 5) is 6.92. The maximum absolute atomic E-state index is 14.3. The van der Waals surface area contributed by atoms with Gasteiger partial charge in [0, 0.05) is 71.2 Å². The van der Waals surface area contributed by atoms with Crippen molar-refractivity contribution in [3.05, 3.63) is 157 Å². The summed E-state index contributed by atoms with van der Waals surface area (Å²) in [6.07, 6.45) is 38.2. The van der Waals surface area contributed by atoms with Crippen molar-refractivity contribution in [2.75, 3.05) is 54.0 Å². The van der Waals surface area contributed by atoms with Crippen LogP contribution in [0.15, 0.2) is 78.9 Å². The molecule has 0 N–H and O–H groups in total. The van der Waals surface area contributed by atoms with E-state index in [1.54, 1.807) is 95.2 Å². The van der Waals surface area contributed by atoms with Crippen LogP contribution in [0, 0.1) is 73.6 Å². The number of morpholine rings is 3. The van der Waals surface area contributed by atoms with Crippen LogP contribution in [0.4, 0.5) is 47.8 Å². The van der Waals surface area contributed by atoms with Crippen molar-refractivity contribution in [2.45, 2.75) is 462 Å². The van der Waals surface area contributed by atoms with E-state index >= 15 is 0 Å². The average Bonchev–Trinajstić information content (AvgIpc) is 0.806. The number of aryl methyl sites for hydroxylation is 8. The molecule has 29 heteroatoms. The van der Waals surface area contributed by atoms with Gasteiger partial charge in [-0.25, -0.2) is 17.6 Å². The number of hydrogen-bond acceptors (Lipinski definition) is 16. The fraction of sp³-hybridized carbons (Fsp3) is 0.732. The van der Waals surface area contributed by atoms with E-state index in [1.807, 2.05) is 27.7 Å². The fourth-order valence-corrected chi connectivity index (χ4v) is 17.1. The van der Waals surface area contributed by atoms with Gasteiger partial charge < -0.3 is 51.7 Å². The van der Waals surface area contributed by atoms with Crippen molar-refractivity contribution in [3.8, 4) is 0 Å². The zero-order chi connectivity index (χ0) is 108. The Morgan fingerprint density at radius 1 is 0.333 bits per heavy atom. The summed E-state index contributed by atoms with van der Waals surface area (Å²) in [5, 5.41) is -0.305. The molecule has 0 amide bonds. The minimum atomic E-state index is -4.22. The summed E-state index contributed by atoms with van der Waals surface area (Å²) < 4.78 is 203. The van der Waals surface area contributed by atoms with Crippen LogP contribution in [0.5, 0.6) is 0 Å². The summed E-state index contributed by atoms with van der Waals surface area (Å²) in [5.41, 5.74) is 10.9. The number of nitrogens with zero attached hydrogens (tertiary/aromatic N) is 3. The normalized spacial score (nSPS) is 20.6. The molecule has 3 saturated heterocycles. The smallest absolute Gasteiger partial charge is 0.416 e. The lowest BCUT2D eigenvalue weighted by Gasteiger charge is -2.38. The second kappa shape index (κ2) is 78.9. The van der Waals surface area contributed by atoms with Crippen molar-refractivity contribution < 1.29 is 88.8 Å². The number of alkyl halides is 3. The molecule has 0 bridgehead atoms. The Morgan fingerprint density at radius 2 is 0.596 bits per heavy atom. The molecule has 13 rings (SSSR count). The first kappa shape index (κ1) is 139. The second-order valence-electron chi connectivity index (χ2n) is 40.6. The first-order valence-electron chi connectivity index (χ1n) is 52.6. The number of benzene rings is 5. The van der Waals surface area contributed by atoms with Gasteiger partial charge in [-0.2, -0.15) is 13.2 Å². The predicted octanol–water partition coefficient (Wildman–Crippen LogP) is 30.5. The predicted molar refractivity (Wildman–Crippen MR) is 581 cm³/mol. The lowest BCUT2D eigenvalue weighted by molar-refractivity contribution is -0.138. The lowest BCUT2D eigenvalue weighted by Crippen LogP contribution is -2.46. The Balaban J connectivity index is 0. The van der Waals surface area contributed by atoms with E-state index in [2.05, 4.69) is 141 Å². The van der Waals surface area contributed by atoms with Crippen molar-refractivity contribution >= 4 is 84.1 Å². The molecule has 3 aliphatic heterocycles. The maximum atomic E-state index is 14.3. The summed E-state index contributed by atoms with van der Waals surface area (Å²) >= 11 is -2.98. The number of ether oxygens (including phenoxy) is 3. The Hall–Kier alpha value is -4.27. The van der Waals surface area contributed by atoms with Crippen molar-refractivity contribution in [1.29, 1.82) is 0 Å². The van der Waals surface area contributed by atoms with E-state index in [0.717, 1.165) is 128 Å². The molecule has 8 fully saturated rings. The Bertz CT molecular complexity index is 3850. The van der Waals surface area contributed by atoms with Gasteiger partial charge in [-0.1, -0.05) is 415 Å². The molecule has 820 valence electrons. The van der Waals surface area contributed by atoms with Gasteiger partial charge in [0.25, 0.3) is 0 Å². The minimum Gasteiger partial charge on any atom is -0.772 e. The molecule has 3 heterocycles. The molecule has 0 spiro atoms. The van der Waals surface area contributed by atoms with E-state index in [-0.39, 0.29) is 62.0 Å². The van der Waals surface area contributed by atoms with Gasteiger partial charge in [0.05, 0.1) is 58.6 Å². The van der Waals surface area contributed by atoms with Crippen LogP contribution in [-0.4, -0.2) is 146 Å². The van der Waals surface area contributed by atoms with Crippen molar-refractivity contribution in [1.82, 2.24) is 0 Å². The van der Waals surface area contributed by atoms with E-state index in [4.69, 9.17) is 25.8 Å². The van der Waals surface area contributed by atoms with Crippen LogP contribution in [0.25, 0.3) is 0 Å². The number of halogens is 8. The minimum absolute atomic E-state index is 0.104. The fourth-order valence-electron chi connectivity index (χ4n) is 16.8. The molecule has 0 radical (unpaired) electrons. The molecular weight excluding hydrogens is 1920 g/mol. The molecule has 0 aromatic heterocycles. The van der Waals surface area contributed by atoms with Crippen molar-refractivity contribution in [3.63, 3.8) is 0 Å². The van der Waals surface area contributed by atoms with Gasteiger partial charge in [0.15, 0.2) is 17.5 Å². The number of anilines is 3. The maximum Gasteiger partial charge on any atom is 0.416 e. The van der Waals surface area contributed by atoms with Crippen LogP contribution >= 0.6 is 11.6 Å². The zero-order valence-electron chi connectivity index (χ0n) is 91.9. The van der Waals surface area contributed by atoms with E-state index in [0.29, 0.717) is 30.6 Å². The largest absolute Gasteiger partial charge is 0.772 e. The first-order chi connectivity index (χ1) is 66.0. The second-order valence-corrected chi connectivity index (χ2v) is 48.3. The number of rotatable bonds is 13. The molecular formula is C112H188ClF7N3O13S5-5. The highest BCUT2D eigenvalue weighted by molar-refractivity contribution is 7.80. The molecule has 5 unspecified atom stereocenters. The topological polar surface area (TPSA) is 238 Å².